The molecule has 1 aliphatic rings. The van der Waals surface area contributed by atoms with E-state index in [9.17, 15) is 9.59 Å². The Bertz CT molecular complexity index is 536. The Morgan fingerprint density at radius 1 is 1.29 bits per heavy atom. The summed E-state index contributed by atoms with van der Waals surface area (Å²) in [6.45, 7) is 4.81. The van der Waals surface area contributed by atoms with Gasteiger partial charge in [0.15, 0.2) is 0 Å². The van der Waals surface area contributed by atoms with Crippen molar-refractivity contribution in [2.24, 2.45) is 5.73 Å². The predicted octanol–water partition coefficient (Wildman–Crippen LogP) is 1.91. The molecule has 0 unspecified atom stereocenters. The SMILES string of the molecule is CC(=O)Nc1cc(NC2CCN(C(N)=O)CC2)ccc1C. The maximum absolute atomic E-state index is 11.2. The van der Waals surface area contributed by atoms with Crippen LogP contribution in [-0.2, 0) is 4.79 Å². The lowest BCUT2D eigenvalue weighted by Gasteiger charge is -2.31. The normalized spacial score (nSPS) is 15.6. The summed E-state index contributed by atoms with van der Waals surface area (Å²) in [5, 5.41) is 6.28. The number of nitrogens with zero attached hydrogens (tertiary/aromatic N) is 1. The topological polar surface area (TPSA) is 87.5 Å². The fraction of sp³-hybridized carbons (Fsp3) is 0.467. The summed E-state index contributed by atoms with van der Waals surface area (Å²) in [6.07, 6.45) is 1.73. The molecule has 3 amide bonds. The molecule has 0 bridgehead atoms. The number of carbonyl (C=O) groups excluding carboxylic acids is 2. The molecule has 6 heteroatoms. The van der Waals surface area contributed by atoms with Gasteiger partial charge in [-0.1, -0.05) is 6.07 Å². The molecule has 114 valence electrons. The van der Waals surface area contributed by atoms with E-state index in [4.69, 9.17) is 5.73 Å². The van der Waals surface area contributed by atoms with Crippen LogP contribution in [0.1, 0.15) is 25.3 Å². The van der Waals surface area contributed by atoms with Gasteiger partial charge < -0.3 is 21.3 Å². The number of rotatable bonds is 3. The van der Waals surface area contributed by atoms with Crippen molar-refractivity contribution in [2.75, 3.05) is 23.7 Å². The van der Waals surface area contributed by atoms with Crippen molar-refractivity contribution in [3.63, 3.8) is 0 Å². The number of primary amides is 1. The van der Waals surface area contributed by atoms with Crippen LogP contribution in [0, 0.1) is 6.92 Å². The lowest BCUT2D eigenvalue weighted by atomic mass is 10.0. The average molecular weight is 290 g/mol. The number of benzene rings is 1. The van der Waals surface area contributed by atoms with Gasteiger partial charge in [-0.3, -0.25) is 4.79 Å². The number of aryl methyl sites for hydroxylation is 1. The molecular formula is C15H22N4O2. The van der Waals surface area contributed by atoms with Crippen molar-refractivity contribution in [1.82, 2.24) is 4.90 Å². The zero-order valence-corrected chi connectivity index (χ0v) is 12.5. The van der Waals surface area contributed by atoms with Gasteiger partial charge in [0.25, 0.3) is 0 Å². The van der Waals surface area contributed by atoms with Gasteiger partial charge in [0.05, 0.1) is 0 Å². The summed E-state index contributed by atoms with van der Waals surface area (Å²) in [6, 6.07) is 5.88. The number of nitrogens with one attached hydrogen (secondary N) is 2. The molecule has 1 heterocycles. The molecule has 0 aromatic heterocycles. The van der Waals surface area contributed by atoms with E-state index in [0.29, 0.717) is 19.1 Å². The van der Waals surface area contributed by atoms with Crippen LogP contribution in [0.25, 0.3) is 0 Å². The van der Waals surface area contributed by atoms with E-state index in [1.165, 1.54) is 6.92 Å². The van der Waals surface area contributed by atoms with Crippen LogP contribution in [-0.4, -0.2) is 36.0 Å². The van der Waals surface area contributed by atoms with E-state index in [-0.39, 0.29) is 11.9 Å². The summed E-state index contributed by atoms with van der Waals surface area (Å²) in [7, 11) is 0. The number of nitrogens with two attached hydrogens (primary N) is 1. The zero-order valence-electron chi connectivity index (χ0n) is 12.5. The standard InChI is InChI=1S/C15H22N4O2/c1-10-3-4-13(9-14(10)17-11(2)20)18-12-5-7-19(8-6-12)15(16)21/h3-4,9,12,18H,5-8H2,1-2H3,(H2,16,21)(H,17,20). The summed E-state index contributed by atoms with van der Waals surface area (Å²) >= 11 is 0. The second kappa shape index (κ2) is 6.47. The van der Waals surface area contributed by atoms with Crippen LogP contribution >= 0.6 is 0 Å². The number of carbonyl (C=O) groups is 2. The third-order valence-electron chi connectivity index (χ3n) is 3.73. The van der Waals surface area contributed by atoms with Crippen LogP contribution in [0.5, 0.6) is 0 Å². The van der Waals surface area contributed by atoms with Crippen molar-refractivity contribution < 1.29 is 9.59 Å². The quantitative estimate of drug-likeness (QED) is 0.794. The van der Waals surface area contributed by atoms with Gasteiger partial charge in [-0.15, -0.1) is 0 Å². The molecule has 0 radical (unpaired) electrons. The minimum absolute atomic E-state index is 0.0787. The first-order valence-corrected chi connectivity index (χ1v) is 7.15. The third-order valence-corrected chi connectivity index (χ3v) is 3.73. The largest absolute Gasteiger partial charge is 0.382 e. The van der Waals surface area contributed by atoms with E-state index in [1.807, 2.05) is 25.1 Å². The van der Waals surface area contributed by atoms with E-state index in [0.717, 1.165) is 29.8 Å². The van der Waals surface area contributed by atoms with Crippen molar-refractivity contribution in [2.45, 2.75) is 32.7 Å². The number of urea groups is 1. The fourth-order valence-corrected chi connectivity index (χ4v) is 2.52. The molecule has 0 saturated carbocycles. The second-order valence-corrected chi connectivity index (χ2v) is 5.45. The van der Waals surface area contributed by atoms with Gasteiger partial charge >= 0.3 is 6.03 Å². The van der Waals surface area contributed by atoms with Gasteiger partial charge in [-0.05, 0) is 37.5 Å². The molecule has 6 nitrogen and oxygen atoms in total. The molecule has 21 heavy (non-hydrogen) atoms. The Hall–Kier alpha value is -2.24. The van der Waals surface area contributed by atoms with Gasteiger partial charge in [-0.2, -0.15) is 0 Å². The Kier molecular flexibility index (Phi) is 4.67. The molecule has 0 atom stereocenters. The summed E-state index contributed by atoms with van der Waals surface area (Å²) in [5.74, 6) is -0.0787. The number of piperidine rings is 1. The number of anilines is 2. The van der Waals surface area contributed by atoms with E-state index >= 15 is 0 Å². The Morgan fingerprint density at radius 2 is 1.95 bits per heavy atom. The number of hydrogen-bond donors (Lipinski definition) is 3. The number of hydrogen-bond acceptors (Lipinski definition) is 3. The van der Waals surface area contributed by atoms with Crippen LogP contribution in [0.15, 0.2) is 18.2 Å². The first-order chi connectivity index (χ1) is 9.95. The fourth-order valence-electron chi connectivity index (χ4n) is 2.52. The highest BCUT2D eigenvalue weighted by atomic mass is 16.2. The summed E-state index contributed by atoms with van der Waals surface area (Å²) in [5.41, 5.74) is 8.10. The molecule has 4 N–H and O–H groups in total. The molecule has 1 saturated heterocycles. The van der Waals surface area contributed by atoms with Crippen molar-refractivity contribution in [3.8, 4) is 0 Å². The smallest absolute Gasteiger partial charge is 0.314 e. The predicted molar refractivity (Wildman–Crippen MR) is 83.3 cm³/mol. The second-order valence-electron chi connectivity index (χ2n) is 5.45. The summed E-state index contributed by atoms with van der Waals surface area (Å²) < 4.78 is 0. The molecule has 1 aromatic rings. The van der Waals surface area contributed by atoms with Crippen LogP contribution in [0.4, 0.5) is 16.2 Å². The molecule has 1 aliphatic heterocycles. The van der Waals surface area contributed by atoms with E-state index < -0.39 is 0 Å². The molecule has 2 rings (SSSR count). The first-order valence-electron chi connectivity index (χ1n) is 7.15. The Morgan fingerprint density at radius 3 is 2.52 bits per heavy atom. The van der Waals surface area contributed by atoms with Crippen molar-refractivity contribution in [1.29, 1.82) is 0 Å². The van der Waals surface area contributed by atoms with Crippen LogP contribution in [0.3, 0.4) is 0 Å². The van der Waals surface area contributed by atoms with Crippen molar-refractivity contribution >= 4 is 23.3 Å². The molecule has 1 fully saturated rings. The lowest BCUT2D eigenvalue weighted by Crippen LogP contribution is -2.44. The highest BCUT2D eigenvalue weighted by Crippen LogP contribution is 2.23. The zero-order chi connectivity index (χ0) is 15.4. The molecule has 0 aliphatic carbocycles. The Balaban J connectivity index is 1.97. The molecular weight excluding hydrogens is 268 g/mol. The maximum atomic E-state index is 11.2. The van der Waals surface area contributed by atoms with Gasteiger partial charge in [0.1, 0.15) is 0 Å². The molecule has 0 spiro atoms. The molecule has 1 aromatic carbocycles. The minimum Gasteiger partial charge on any atom is -0.382 e. The van der Waals surface area contributed by atoms with Gasteiger partial charge in [0.2, 0.25) is 5.91 Å². The van der Waals surface area contributed by atoms with Gasteiger partial charge in [-0.25, -0.2) is 4.79 Å². The van der Waals surface area contributed by atoms with Crippen molar-refractivity contribution in [3.05, 3.63) is 23.8 Å². The van der Waals surface area contributed by atoms with E-state index in [1.54, 1.807) is 4.90 Å². The highest BCUT2D eigenvalue weighted by Gasteiger charge is 2.21. The number of likely N-dealkylation sites (tertiary alicyclic amines) is 1. The van der Waals surface area contributed by atoms with Gasteiger partial charge in [0, 0.05) is 37.4 Å². The highest BCUT2D eigenvalue weighted by molar-refractivity contribution is 5.90. The third kappa shape index (κ3) is 4.11. The maximum Gasteiger partial charge on any atom is 0.314 e. The van der Waals surface area contributed by atoms with E-state index in [2.05, 4.69) is 10.6 Å². The minimum atomic E-state index is -0.350. The summed E-state index contributed by atoms with van der Waals surface area (Å²) in [4.78, 5) is 23.9. The van der Waals surface area contributed by atoms with Crippen LogP contribution < -0.4 is 16.4 Å². The monoisotopic (exact) mass is 290 g/mol. The lowest BCUT2D eigenvalue weighted by molar-refractivity contribution is -0.114. The average Bonchev–Trinajstić information content (AvgIpc) is 2.42. The number of amides is 3. The Labute approximate surface area is 124 Å². The van der Waals surface area contributed by atoms with Crippen LogP contribution in [0.2, 0.25) is 0 Å². The first kappa shape index (κ1) is 15.2.